The van der Waals surface area contributed by atoms with Gasteiger partial charge in [0.05, 0.1) is 6.61 Å². The molecule has 1 unspecified atom stereocenters. The lowest BCUT2D eigenvalue weighted by atomic mass is 10.1. The van der Waals surface area contributed by atoms with E-state index in [9.17, 15) is 15.0 Å². The highest BCUT2D eigenvalue weighted by atomic mass is 32.1. The van der Waals surface area contributed by atoms with Crippen LogP contribution in [0.3, 0.4) is 0 Å². The highest BCUT2D eigenvalue weighted by Gasteiger charge is 2.44. The average molecular weight is 259 g/mol. The van der Waals surface area contributed by atoms with E-state index in [1.807, 2.05) is 0 Å². The average Bonchev–Trinajstić information content (AvgIpc) is 2.87. The van der Waals surface area contributed by atoms with E-state index < -0.39 is 24.4 Å². The van der Waals surface area contributed by atoms with Crippen molar-refractivity contribution in [3.63, 3.8) is 0 Å². The van der Waals surface area contributed by atoms with Gasteiger partial charge in [0.2, 0.25) is 0 Å². The zero-order chi connectivity index (χ0) is 12.6. The Morgan fingerprint density at radius 2 is 2.24 bits per heavy atom. The van der Waals surface area contributed by atoms with Gasteiger partial charge in [-0.25, -0.2) is 4.98 Å². The van der Waals surface area contributed by atoms with Gasteiger partial charge in [0, 0.05) is 12.3 Å². The molecule has 1 aliphatic rings. The number of carbonyl (C=O) groups is 1. The number of ether oxygens (including phenoxy) is 1. The highest BCUT2D eigenvalue weighted by molar-refractivity contribution is 7.09. The molecule has 1 aromatic rings. The fourth-order valence-corrected chi connectivity index (χ4v) is 2.61. The van der Waals surface area contributed by atoms with Gasteiger partial charge in [-0.15, -0.1) is 11.3 Å². The molecule has 94 valence electrons. The molecule has 2 rings (SSSR count). The van der Waals surface area contributed by atoms with Crippen molar-refractivity contribution < 1.29 is 24.9 Å². The quantitative estimate of drug-likeness (QED) is 0.633. The standard InChI is InChI=1S/C10H13NO5S/c1-4(13)5-3-17-10(11-5)9-8(15)7(14)6(2-12)16-9/h3,6-9,12,14-15H,2H2,1H3/t6-,7?,8+,9-/m1/s1. The lowest BCUT2D eigenvalue weighted by Crippen LogP contribution is -2.32. The summed E-state index contributed by atoms with van der Waals surface area (Å²) in [5.41, 5.74) is 0.308. The summed E-state index contributed by atoms with van der Waals surface area (Å²) in [7, 11) is 0. The van der Waals surface area contributed by atoms with Crippen molar-refractivity contribution in [1.82, 2.24) is 4.98 Å². The smallest absolute Gasteiger partial charge is 0.178 e. The zero-order valence-corrected chi connectivity index (χ0v) is 9.92. The number of rotatable bonds is 3. The van der Waals surface area contributed by atoms with Crippen LogP contribution in [0.4, 0.5) is 0 Å². The van der Waals surface area contributed by atoms with Crippen molar-refractivity contribution in [2.45, 2.75) is 31.3 Å². The van der Waals surface area contributed by atoms with Gasteiger partial charge in [0.1, 0.15) is 35.1 Å². The molecular formula is C10H13NO5S. The van der Waals surface area contributed by atoms with E-state index in [4.69, 9.17) is 9.84 Å². The van der Waals surface area contributed by atoms with Crippen molar-refractivity contribution in [3.8, 4) is 0 Å². The number of aromatic nitrogens is 1. The normalized spacial score (nSPS) is 32.9. The van der Waals surface area contributed by atoms with E-state index in [2.05, 4.69) is 4.98 Å². The minimum absolute atomic E-state index is 0.167. The van der Waals surface area contributed by atoms with E-state index >= 15 is 0 Å². The van der Waals surface area contributed by atoms with Gasteiger partial charge in [-0.05, 0) is 0 Å². The maximum absolute atomic E-state index is 11.1. The summed E-state index contributed by atoms with van der Waals surface area (Å²) in [5, 5.41) is 30.3. The van der Waals surface area contributed by atoms with Crippen LogP contribution in [0.25, 0.3) is 0 Å². The first-order valence-corrected chi connectivity index (χ1v) is 6.01. The largest absolute Gasteiger partial charge is 0.394 e. The van der Waals surface area contributed by atoms with Gasteiger partial charge in [-0.2, -0.15) is 0 Å². The van der Waals surface area contributed by atoms with Gasteiger partial charge in [0.25, 0.3) is 0 Å². The molecule has 0 amide bonds. The molecule has 1 saturated heterocycles. The van der Waals surface area contributed by atoms with Crippen LogP contribution in [0, 0.1) is 0 Å². The summed E-state index contributed by atoms with van der Waals surface area (Å²) in [6, 6.07) is 0. The van der Waals surface area contributed by atoms with Gasteiger partial charge in [0.15, 0.2) is 5.78 Å². The van der Waals surface area contributed by atoms with Crippen LogP contribution in [0.2, 0.25) is 0 Å². The highest BCUT2D eigenvalue weighted by Crippen LogP contribution is 2.34. The van der Waals surface area contributed by atoms with Crippen LogP contribution >= 0.6 is 11.3 Å². The van der Waals surface area contributed by atoms with Gasteiger partial charge < -0.3 is 20.1 Å². The van der Waals surface area contributed by atoms with Crippen LogP contribution in [0.5, 0.6) is 0 Å². The predicted octanol–water partition coefficient (Wildman–Crippen LogP) is -0.500. The Balaban J connectivity index is 2.19. The number of thiazole rings is 1. The molecule has 0 radical (unpaired) electrons. The van der Waals surface area contributed by atoms with Gasteiger partial charge in [-0.3, -0.25) is 4.79 Å². The molecule has 1 aliphatic heterocycles. The van der Waals surface area contributed by atoms with E-state index in [1.54, 1.807) is 5.38 Å². The number of hydrogen-bond donors (Lipinski definition) is 3. The van der Waals surface area contributed by atoms with Crippen LogP contribution in [-0.2, 0) is 4.74 Å². The molecule has 1 aromatic heterocycles. The third-order valence-electron chi connectivity index (χ3n) is 2.67. The Bertz CT molecular complexity index is 421. The first-order chi connectivity index (χ1) is 8.04. The summed E-state index contributed by atoms with van der Waals surface area (Å²) in [4.78, 5) is 15.1. The third-order valence-corrected chi connectivity index (χ3v) is 3.57. The second-order valence-electron chi connectivity index (χ2n) is 3.89. The Morgan fingerprint density at radius 3 is 2.71 bits per heavy atom. The summed E-state index contributed by atoms with van der Waals surface area (Å²) in [6.07, 6.45) is -3.90. The molecule has 1 fully saturated rings. The fraction of sp³-hybridized carbons (Fsp3) is 0.600. The summed E-state index contributed by atoms with van der Waals surface area (Å²) in [5.74, 6) is -0.167. The van der Waals surface area contributed by atoms with Crippen molar-refractivity contribution in [2.75, 3.05) is 6.61 Å². The lowest BCUT2D eigenvalue weighted by molar-refractivity contribution is -0.0228. The summed E-state index contributed by atoms with van der Waals surface area (Å²) < 4.78 is 5.30. The first-order valence-electron chi connectivity index (χ1n) is 5.13. The van der Waals surface area contributed by atoms with Gasteiger partial charge in [-0.1, -0.05) is 0 Å². The van der Waals surface area contributed by atoms with E-state index in [0.717, 1.165) is 0 Å². The van der Waals surface area contributed by atoms with Crippen LogP contribution in [-0.4, -0.2) is 51.0 Å². The van der Waals surface area contributed by atoms with Crippen LogP contribution in [0.15, 0.2) is 5.38 Å². The number of aliphatic hydroxyl groups excluding tert-OH is 3. The zero-order valence-electron chi connectivity index (χ0n) is 9.11. The summed E-state index contributed by atoms with van der Waals surface area (Å²) >= 11 is 1.18. The maximum Gasteiger partial charge on any atom is 0.178 e. The number of aliphatic hydroxyl groups is 3. The Kier molecular flexibility index (Phi) is 3.55. The lowest BCUT2D eigenvalue weighted by Gasteiger charge is -2.11. The molecule has 6 nitrogen and oxygen atoms in total. The van der Waals surface area contributed by atoms with Crippen molar-refractivity contribution in [2.24, 2.45) is 0 Å². The molecule has 0 aromatic carbocycles. The molecule has 7 heteroatoms. The van der Waals surface area contributed by atoms with Crippen molar-refractivity contribution >= 4 is 17.1 Å². The van der Waals surface area contributed by atoms with E-state index in [-0.39, 0.29) is 12.4 Å². The van der Waals surface area contributed by atoms with Crippen molar-refractivity contribution in [1.29, 1.82) is 0 Å². The van der Waals surface area contributed by atoms with Gasteiger partial charge >= 0.3 is 0 Å². The number of hydrogen-bond acceptors (Lipinski definition) is 7. The van der Waals surface area contributed by atoms with Crippen LogP contribution < -0.4 is 0 Å². The van der Waals surface area contributed by atoms with Crippen LogP contribution in [0.1, 0.15) is 28.5 Å². The molecule has 0 bridgehead atoms. The predicted molar refractivity (Wildman–Crippen MR) is 58.8 cm³/mol. The molecular weight excluding hydrogens is 246 g/mol. The Labute approximate surface area is 101 Å². The molecule has 0 aliphatic carbocycles. The molecule has 2 heterocycles. The third kappa shape index (κ3) is 2.24. The number of Topliss-reactive ketones (excluding diaryl/α,β-unsaturated/α-hetero) is 1. The molecule has 0 saturated carbocycles. The monoisotopic (exact) mass is 259 g/mol. The number of ketones is 1. The Morgan fingerprint density at radius 1 is 1.53 bits per heavy atom. The minimum atomic E-state index is -1.14. The number of nitrogens with zero attached hydrogens (tertiary/aromatic N) is 1. The minimum Gasteiger partial charge on any atom is -0.394 e. The topological polar surface area (TPSA) is 99.9 Å². The molecule has 3 N–H and O–H groups in total. The second kappa shape index (κ2) is 4.79. The van der Waals surface area contributed by atoms with E-state index in [0.29, 0.717) is 10.7 Å². The SMILES string of the molecule is CC(=O)c1csc([C@@H]2O[C@H](CO)C(O)[C@@H]2O)n1. The first kappa shape index (κ1) is 12.6. The van der Waals surface area contributed by atoms with Crippen molar-refractivity contribution in [3.05, 3.63) is 16.1 Å². The fourth-order valence-electron chi connectivity index (χ4n) is 1.68. The second-order valence-corrected chi connectivity index (χ2v) is 4.78. The number of carbonyl (C=O) groups excluding carboxylic acids is 1. The maximum atomic E-state index is 11.1. The molecule has 0 spiro atoms. The summed E-state index contributed by atoms with van der Waals surface area (Å²) in [6.45, 7) is 1.02. The Hall–Kier alpha value is -0.860. The molecule has 17 heavy (non-hydrogen) atoms. The molecule has 4 atom stereocenters. The van der Waals surface area contributed by atoms with E-state index in [1.165, 1.54) is 18.3 Å².